The Labute approximate surface area is 375 Å². The van der Waals surface area contributed by atoms with Crippen molar-refractivity contribution in [3.8, 4) is 0 Å². The number of amides is 1. The van der Waals surface area contributed by atoms with E-state index in [1.807, 2.05) is 58.1 Å². The molecule has 0 aromatic rings. The number of carbonyl (C=O) groups is 5. The SMILES string of the molecule is CO[C@@H]1C[C@H](C[C@@H](C)[C@@H]2CC(=O)[C@H](C)/C=C(\C)[C@@H](O)[C@@H](OC)C(=O)[C@H](C)C[C@H](C)\C=C/C=C/C=C(\C)CC[C@@H]3CC[C@@H](C)[C@@](O)(O3)C(=O)C(=O)N3CCCC[C@H]3C(=O)O2)CC[C@H]1O. The van der Waals surface area contributed by atoms with Gasteiger partial charge in [-0.05, 0) is 114 Å². The Kier molecular flexibility index (Phi) is 20.1. The van der Waals surface area contributed by atoms with E-state index in [2.05, 4.69) is 0 Å². The van der Waals surface area contributed by atoms with Crippen LogP contribution in [-0.2, 0) is 42.9 Å². The molecule has 3 fully saturated rings. The first-order valence-electron chi connectivity index (χ1n) is 23.4. The van der Waals surface area contributed by atoms with Gasteiger partial charge in [-0.25, -0.2) is 4.79 Å². The Morgan fingerprint density at radius 3 is 2.32 bits per heavy atom. The highest BCUT2D eigenvalue weighted by molar-refractivity contribution is 6.39. The van der Waals surface area contributed by atoms with Gasteiger partial charge in [-0.2, -0.15) is 0 Å². The number of aliphatic hydroxyl groups is 3. The third-order valence-electron chi connectivity index (χ3n) is 14.1. The molecule has 4 rings (SSSR count). The minimum Gasteiger partial charge on any atom is -0.460 e. The maximum atomic E-state index is 14.3. The van der Waals surface area contributed by atoms with Crippen molar-refractivity contribution in [2.45, 2.75) is 180 Å². The molecule has 13 nitrogen and oxygen atoms in total. The molecule has 354 valence electrons. The predicted molar refractivity (Wildman–Crippen MR) is 239 cm³/mol. The summed E-state index contributed by atoms with van der Waals surface area (Å²) in [4.78, 5) is 71.4. The van der Waals surface area contributed by atoms with Gasteiger partial charge >= 0.3 is 5.97 Å². The van der Waals surface area contributed by atoms with E-state index in [0.717, 1.165) is 12.0 Å². The zero-order chi connectivity index (χ0) is 46.6. The largest absolute Gasteiger partial charge is 0.460 e. The van der Waals surface area contributed by atoms with Crippen LogP contribution in [-0.4, -0.2) is 119 Å². The van der Waals surface area contributed by atoms with Crippen LogP contribution in [0.5, 0.6) is 0 Å². The van der Waals surface area contributed by atoms with Gasteiger partial charge in [-0.1, -0.05) is 76.6 Å². The second-order valence-electron chi connectivity index (χ2n) is 19.3. The molecule has 0 aromatic heterocycles. The molecule has 14 atom stereocenters. The molecule has 1 aliphatic carbocycles. The first-order chi connectivity index (χ1) is 29.8. The summed E-state index contributed by atoms with van der Waals surface area (Å²) in [6.45, 7) is 12.9. The van der Waals surface area contributed by atoms with Crippen LogP contribution in [0.4, 0.5) is 0 Å². The first-order valence-corrected chi connectivity index (χ1v) is 23.4. The Balaban J connectivity index is 1.67. The molecule has 3 heterocycles. The highest BCUT2D eigenvalue weighted by Crippen LogP contribution is 2.37. The molecular weight excluding hydrogens is 807 g/mol. The normalized spacial score (nSPS) is 40.1. The van der Waals surface area contributed by atoms with E-state index < -0.39 is 77.8 Å². The van der Waals surface area contributed by atoms with Gasteiger partial charge in [0.2, 0.25) is 5.79 Å². The lowest BCUT2D eigenvalue weighted by atomic mass is 9.78. The van der Waals surface area contributed by atoms with E-state index in [-0.39, 0.29) is 54.8 Å². The fourth-order valence-electron chi connectivity index (χ4n) is 9.82. The van der Waals surface area contributed by atoms with Crippen molar-refractivity contribution < 1.29 is 58.2 Å². The number of piperidine rings is 1. The van der Waals surface area contributed by atoms with E-state index in [1.54, 1.807) is 34.0 Å². The number of carbonyl (C=O) groups excluding carboxylic acids is 5. The van der Waals surface area contributed by atoms with Crippen LogP contribution >= 0.6 is 0 Å². The van der Waals surface area contributed by atoms with Gasteiger partial charge in [0, 0.05) is 44.9 Å². The maximum absolute atomic E-state index is 14.3. The molecule has 3 N–H and O–H groups in total. The molecule has 1 saturated carbocycles. The number of esters is 1. The lowest BCUT2D eigenvalue weighted by molar-refractivity contribution is -0.263. The van der Waals surface area contributed by atoms with Crippen molar-refractivity contribution in [1.82, 2.24) is 4.90 Å². The molecule has 0 aromatic carbocycles. The minimum atomic E-state index is -2.36. The summed E-state index contributed by atoms with van der Waals surface area (Å²) in [7, 11) is 2.95. The number of fused-ring (bicyclic) bond motifs is 3. The molecule has 4 aliphatic rings. The summed E-state index contributed by atoms with van der Waals surface area (Å²) in [5.41, 5.74) is 1.46. The van der Waals surface area contributed by atoms with Crippen LogP contribution in [0.15, 0.2) is 47.6 Å². The Morgan fingerprint density at radius 2 is 1.62 bits per heavy atom. The number of rotatable bonds is 5. The molecule has 0 unspecified atom stereocenters. The van der Waals surface area contributed by atoms with Crippen molar-refractivity contribution in [3.05, 3.63) is 47.6 Å². The van der Waals surface area contributed by atoms with Gasteiger partial charge in [0.25, 0.3) is 11.7 Å². The second kappa shape index (κ2) is 24.3. The van der Waals surface area contributed by atoms with Gasteiger partial charge in [0.1, 0.15) is 30.1 Å². The Bertz CT molecular complexity index is 1700. The fraction of sp³-hybridized carbons (Fsp3) is 0.740. The monoisotopic (exact) mass is 884 g/mol. The van der Waals surface area contributed by atoms with Crippen LogP contribution in [0.25, 0.3) is 0 Å². The Morgan fingerprint density at radius 1 is 0.889 bits per heavy atom. The number of cyclic esters (lactones) is 1. The van der Waals surface area contributed by atoms with Crippen molar-refractivity contribution in [2.24, 2.45) is 35.5 Å². The lowest BCUT2D eigenvalue weighted by Gasteiger charge is -2.42. The number of allylic oxidation sites excluding steroid dienone is 7. The molecule has 0 radical (unpaired) electrons. The molecule has 2 bridgehead atoms. The highest BCUT2D eigenvalue weighted by atomic mass is 16.6. The number of methoxy groups -OCH3 is 2. The maximum Gasteiger partial charge on any atom is 0.329 e. The molecule has 63 heavy (non-hydrogen) atoms. The van der Waals surface area contributed by atoms with Crippen LogP contribution in [0.3, 0.4) is 0 Å². The van der Waals surface area contributed by atoms with Crippen LogP contribution < -0.4 is 0 Å². The standard InChI is InChI=1S/C50H77NO12/c1-30-15-11-10-12-16-31(2)25-34(5)44(54)46(61-9)45(55)35(6)26-32(3)41(53)29-42(33(4)27-37-20-23-40(52)43(28-37)60-8)62-49(58)39-17-13-14-24-51(39)48(57)47(56)50(59)36(7)19-22-38(63-50)21-18-30/h10-12,15-16,26,31-34,36-40,42-43,45-46,52,55,59H,13-14,17-25,27-29H2,1-9H3/b11-10+,16-12-,30-15+,35-26+/t31-,32-,33-,34-,36-,37+,38-,39+,40-,42+,43-,45-,46+,50-/m1/s1. The third kappa shape index (κ3) is 14.1. The molecule has 1 amide bonds. The second-order valence-corrected chi connectivity index (χ2v) is 19.3. The molecule has 3 aliphatic heterocycles. The summed E-state index contributed by atoms with van der Waals surface area (Å²) in [5.74, 6) is -7.65. The number of ether oxygens (including phenoxy) is 4. The summed E-state index contributed by atoms with van der Waals surface area (Å²) in [6.07, 6.45) is 13.1. The van der Waals surface area contributed by atoms with Crippen LogP contribution in [0.2, 0.25) is 0 Å². The molecule has 0 spiro atoms. The average molecular weight is 884 g/mol. The van der Waals surface area contributed by atoms with Crippen LogP contribution in [0.1, 0.15) is 132 Å². The molecule has 13 heteroatoms. The van der Waals surface area contributed by atoms with Crippen molar-refractivity contribution in [1.29, 1.82) is 0 Å². The smallest absolute Gasteiger partial charge is 0.329 e. The highest BCUT2D eigenvalue weighted by Gasteiger charge is 2.53. The first kappa shape index (κ1) is 52.3. The van der Waals surface area contributed by atoms with Gasteiger partial charge in [-0.15, -0.1) is 0 Å². The number of nitrogens with zero attached hydrogens (tertiary/aromatic N) is 1. The van der Waals surface area contributed by atoms with Crippen molar-refractivity contribution in [2.75, 3.05) is 20.8 Å². The zero-order valence-corrected chi connectivity index (χ0v) is 39.3. The van der Waals surface area contributed by atoms with Gasteiger partial charge in [-0.3, -0.25) is 19.2 Å². The van der Waals surface area contributed by atoms with Crippen molar-refractivity contribution in [3.63, 3.8) is 0 Å². The summed E-state index contributed by atoms with van der Waals surface area (Å²) < 4.78 is 23.5. The van der Waals surface area contributed by atoms with E-state index in [4.69, 9.17) is 18.9 Å². The van der Waals surface area contributed by atoms with E-state index in [9.17, 15) is 39.3 Å². The lowest BCUT2D eigenvalue weighted by Crippen LogP contribution is -2.60. The quantitative estimate of drug-likeness (QED) is 0.154. The number of ketones is 3. The number of hydrogen-bond donors (Lipinski definition) is 3. The summed E-state index contributed by atoms with van der Waals surface area (Å²) >= 11 is 0. The number of aliphatic hydroxyl groups excluding tert-OH is 2. The van der Waals surface area contributed by atoms with E-state index >= 15 is 0 Å². The Hall–Kier alpha value is -3.33. The topological polar surface area (TPSA) is 186 Å². The van der Waals surface area contributed by atoms with Gasteiger partial charge < -0.3 is 39.2 Å². The van der Waals surface area contributed by atoms with Gasteiger partial charge in [0.05, 0.1) is 18.3 Å². The summed E-state index contributed by atoms with van der Waals surface area (Å²) in [6, 6.07) is -1.11. The fourth-order valence-corrected chi connectivity index (χ4v) is 9.82. The zero-order valence-electron chi connectivity index (χ0n) is 39.3. The minimum absolute atomic E-state index is 0.0501. The average Bonchev–Trinajstić information content (AvgIpc) is 3.26. The molecule has 2 saturated heterocycles. The van der Waals surface area contributed by atoms with Crippen molar-refractivity contribution >= 4 is 29.2 Å². The summed E-state index contributed by atoms with van der Waals surface area (Å²) in [5, 5.41) is 33.7. The van der Waals surface area contributed by atoms with E-state index in [1.165, 1.54) is 12.0 Å². The van der Waals surface area contributed by atoms with Crippen LogP contribution in [0, 0.1) is 35.5 Å². The third-order valence-corrected chi connectivity index (χ3v) is 14.1. The molecular formula is C50H77NO12. The number of hydrogen-bond acceptors (Lipinski definition) is 12. The van der Waals surface area contributed by atoms with Gasteiger partial charge in [0.15, 0.2) is 5.78 Å². The number of Topliss-reactive ketones (excluding diaryl/α,β-unsaturated/α-hetero) is 3. The predicted octanol–water partition coefficient (Wildman–Crippen LogP) is 6.56. The van der Waals surface area contributed by atoms with E-state index in [0.29, 0.717) is 69.8 Å².